The molecule has 7 rings (SSSR count). The van der Waals surface area contributed by atoms with Crippen LogP contribution in [-0.4, -0.2) is 164 Å². The van der Waals surface area contributed by atoms with E-state index in [9.17, 15) is 53.9 Å². The minimum atomic E-state index is -2.78. The summed E-state index contributed by atoms with van der Waals surface area (Å²) >= 11 is 6.26. The van der Waals surface area contributed by atoms with Crippen LogP contribution in [0.5, 0.6) is 5.75 Å². The van der Waals surface area contributed by atoms with Gasteiger partial charge in [-0.25, -0.2) is 14.2 Å². The van der Waals surface area contributed by atoms with Crippen LogP contribution in [0, 0.1) is 17.7 Å². The molecule has 4 aliphatic rings. The number of aromatic carboxylic acids is 1. The molecule has 0 unspecified atom stereocenters. The smallest absolute Gasteiger partial charge is 0.341 e. The number of carbonyl (C=O) groups excluding carboxylic acids is 3. The Bertz CT molecular complexity index is 2490. The number of anilines is 1. The number of quaternary nitrogens is 1. The summed E-state index contributed by atoms with van der Waals surface area (Å²) in [7, 11) is 9.18. The lowest BCUT2D eigenvalue weighted by Gasteiger charge is -2.52. The number of phenolic OH excluding ortho intramolecular Hbond substituents is 1. The number of ketones is 2. The molecule has 0 spiro atoms. The van der Waals surface area contributed by atoms with Gasteiger partial charge in [-0.2, -0.15) is 0 Å². The summed E-state index contributed by atoms with van der Waals surface area (Å²) in [5.74, 6) is -10.0. The number of hydrogen-bond donors (Lipinski definition) is 9. The molecular formula is C42H54ClFN7O12+. The third-order valence-corrected chi connectivity index (χ3v) is 12.1. The van der Waals surface area contributed by atoms with Crippen LogP contribution in [-0.2, 0) is 21.7 Å². The summed E-state index contributed by atoms with van der Waals surface area (Å²) < 4.78 is 16.8. The number of likely N-dealkylation sites (N-methyl/N-ethyl adjacent to an activating group) is 2. The number of pyridine rings is 2. The largest absolute Gasteiger partial charge is 0.510 e. The van der Waals surface area contributed by atoms with Gasteiger partial charge in [-0.05, 0) is 52.6 Å². The normalized spacial score (nSPS) is 24.5. The zero-order valence-corrected chi connectivity index (χ0v) is 36.7. The van der Waals surface area contributed by atoms with Crippen LogP contribution in [0.15, 0.2) is 51.9 Å². The fourth-order valence-corrected chi connectivity index (χ4v) is 9.00. The van der Waals surface area contributed by atoms with Crippen molar-refractivity contribution in [3.05, 3.63) is 84.8 Å². The number of aromatic nitrogens is 2. The van der Waals surface area contributed by atoms with Crippen LogP contribution in [0.1, 0.15) is 46.5 Å². The first-order chi connectivity index (χ1) is 29.3. The molecule has 1 saturated heterocycles. The van der Waals surface area contributed by atoms with E-state index in [1.807, 2.05) is 11.8 Å². The van der Waals surface area contributed by atoms with E-state index in [2.05, 4.69) is 31.4 Å². The van der Waals surface area contributed by atoms with Gasteiger partial charge in [0, 0.05) is 66.9 Å². The molecule has 2 aromatic heterocycles. The number of fused-ring (bicyclic) bond motifs is 4. The van der Waals surface area contributed by atoms with E-state index in [4.69, 9.17) is 27.5 Å². The van der Waals surface area contributed by atoms with Crippen molar-refractivity contribution in [2.45, 2.75) is 44.1 Å². The Kier molecular flexibility index (Phi) is 13.8. The maximum atomic E-state index is 14.4. The lowest BCUT2D eigenvalue weighted by Crippen LogP contribution is -2.65. The van der Waals surface area contributed by atoms with Gasteiger partial charge in [-0.3, -0.25) is 24.1 Å². The number of halogens is 2. The number of benzene rings is 1. The van der Waals surface area contributed by atoms with Crippen LogP contribution in [0.25, 0.3) is 11.0 Å². The molecule has 342 valence electrons. The molecule has 63 heavy (non-hydrogen) atoms. The molecule has 3 aliphatic carbocycles. The predicted octanol–water partition coefficient (Wildman–Crippen LogP) is 0.787. The maximum Gasteiger partial charge on any atom is 0.341 e. The van der Waals surface area contributed by atoms with Gasteiger partial charge in [0.25, 0.3) is 5.91 Å². The lowest BCUT2D eigenvalue weighted by atomic mass is 9.55. The Morgan fingerprint density at radius 2 is 1.71 bits per heavy atom. The Hall–Kier alpha value is -5.48. The second-order valence-corrected chi connectivity index (χ2v) is 17.6. The van der Waals surface area contributed by atoms with Crippen molar-refractivity contribution in [1.29, 1.82) is 0 Å². The van der Waals surface area contributed by atoms with Crippen molar-refractivity contribution in [2.24, 2.45) is 17.6 Å². The number of hydrogen-bond acceptors (Lipinski definition) is 15. The zero-order valence-electron chi connectivity index (χ0n) is 35.9. The number of phenols is 1. The molecule has 1 amide bonds. The van der Waals surface area contributed by atoms with Crippen LogP contribution >= 0.6 is 11.6 Å². The lowest BCUT2D eigenvalue weighted by molar-refractivity contribution is -0.870. The first-order valence-electron chi connectivity index (χ1n) is 20.0. The van der Waals surface area contributed by atoms with E-state index in [0.717, 1.165) is 36.3 Å². The van der Waals surface area contributed by atoms with Crippen LogP contribution < -0.4 is 21.4 Å². The summed E-state index contributed by atoms with van der Waals surface area (Å²) in [6, 6.07) is 2.39. The van der Waals surface area contributed by atoms with Gasteiger partial charge in [0.05, 0.1) is 50.3 Å². The second-order valence-electron chi connectivity index (χ2n) is 17.2. The number of nitrogens with zero attached hydrogens (tertiary/aromatic N) is 5. The number of piperazine rings is 1. The van der Waals surface area contributed by atoms with Crippen molar-refractivity contribution in [1.82, 2.24) is 19.8 Å². The summed E-state index contributed by atoms with van der Waals surface area (Å²) in [6.07, 6.45) is 1.00. The molecule has 1 fully saturated rings. The molecule has 3 aromatic rings. The number of aliphatic hydroxyl groups is 5. The molecule has 0 bridgehead atoms. The fourth-order valence-electron chi connectivity index (χ4n) is 8.65. The molecule has 0 radical (unpaired) electrons. The van der Waals surface area contributed by atoms with Crippen LogP contribution in [0.3, 0.4) is 0 Å². The van der Waals surface area contributed by atoms with Gasteiger partial charge < -0.3 is 60.7 Å². The van der Waals surface area contributed by atoms with Crippen molar-refractivity contribution in [3.8, 4) is 5.75 Å². The molecule has 10 N–H and O–H groups in total. The fraction of sp³-hybridized carbons (Fsp3) is 0.476. The average Bonchev–Trinajstić information content (AvgIpc) is 3.19. The third-order valence-electron chi connectivity index (χ3n) is 11.8. The maximum absolute atomic E-state index is 14.4. The first-order valence-corrected chi connectivity index (χ1v) is 20.4. The number of amides is 1. The van der Waals surface area contributed by atoms with E-state index in [1.165, 1.54) is 38.2 Å². The minimum absolute atomic E-state index is 0.00293. The molecule has 0 saturated carbocycles. The summed E-state index contributed by atoms with van der Waals surface area (Å²) in [5.41, 5.74) is -2.00. The number of nitrogens with one attached hydrogen (secondary N) is 1. The number of carbonyl (C=O) groups is 4. The highest BCUT2D eigenvalue weighted by atomic mass is 35.5. The number of primary amides is 1. The van der Waals surface area contributed by atoms with E-state index in [-0.39, 0.29) is 45.9 Å². The number of carboxylic acids is 1. The Morgan fingerprint density at radius 1 is 1.10 bits per heavy atom. The second kappa shape index (κ2) is 17.9. The molecular weight excluding hydrogens is 849 g/mol. The number of rotatable bonds is 7. The number of Topliss-reactive ketones (excluding diaryl/α,β-unsaturated/α-hetero) is 2. The average molecular weight is 903 g/mol. The van der Waals surface area contributed by atoms with E-state index in [0.29, 0.717) is 25.3 Å². The highest BCUT2D eigenvalue weighted by molar-refractivity contribution is 6.33. The minimum Gasteiger partial charge on any atom is -0.510 e. The summed E-state index contributed by atoms with van der Waals surface area (Å²) in [5, 5.41) is 76.0. The van der Waals surface area contributed by atoms with Gasteiger partial charge in [0.1, 0.15) is 40.6 Å². The van der Waals surface area contributed by atoms with Crippen molar-refractivity contribution < 1.29 is 63.8 Å². The standard InChI is InChI=1S/C22H23ClN2O8.C15H17FN4O3.C5H14NO/c1-21(32)7-6-8-15(25(2)3)17(28)13(20(24)31)19(30)22(8,33)18(29)11(7)16(27)12-10(26)5-4-9(23)14(12)21;1-2-19-8-10(15(22)23)12(21)9-7-11(16)14(18-13(9)19)20-5-3-17-4-6-20;1-6(2,3)4-5-7/h4-5,7-8,15,26,28-29,32-33H,6H2,1-3H3,(H2,24,31);7-8,17H,2-6H2,1H3,(H,22,23);7H,4-5H2,1-3H3/q;;+1/t7-,8-,15-,21-,22-;;/m0../s1. The van der Waals surface area contributed by atoms with Crippen molar-refractivity contribution in [2.75, 3.05) is 79.5 Å². The number of nitrogens with two attached hydrogens (primary N) is 1. The predicted molar refractivity (Wildman–Crippen MR) is 228 cm³/mol. The van der Waals surface area contributed by atoms with Gasteiger partial charge >= 0.3 is 5.97 Å². The van der Waals surface area contributed by atoms with Gasteiger partial charge in [0.15, 0.2) is 23.0 Å². The SMILES string of the molecule is CCn1cc(C(=O)O)c(=O)c2cc(F)c(N3CCNCC3)nc21.CN(C)[C@@H]1C(O)=C(C(N)=O)C(=O)[C@@]2(O)C(O)=C3C(=O)c4c(O)ccc(Cl)c4[C@@](C)(O)[C@H]3C[C@@H]12.C[N+](C)(C)CCO. The molecule has 3 heterocycles. The quantitative estimate of drug-likeness (QED) is 0.117. The van der Waals surface area contributed by atoms with E-state index >= 15 is 0 Å². The van der Waals surface area contributed by atoms with Gasteiger partial charge in [-0.15, -0.1) is 0 Å². The van der Waals surface area contributed by atoms with Gasteiger partial charge in [-0.1, -0.05) is 11.6 Å². The number of carboxylic acid groups (broad SMARTS) is 1. The number of aryl methyl sites for hydroxylation is 1. The van der Waals surface area contributed by atoms with Gasteiger partial charge in [0.2, 0.25) is 11.2 Å². The summed E-state index contributed by atoms with van der Waals surface area (Å²) in [4.78, 5) is 69.6. The molecule has 1 aromatic carbocycles. The molecule has 1 aliphatic heterocycles. The van der Waals surface area contributed by atoms with Crippen LogP contribution in [0.4, 0.5) is 10.2 Å². The molecule has 19 nitrogen and oxygen atoms in total. The zero-order chi connectivity index (χ0) is 47.3. The number of aromatic hydroxyl groups is 1. The van der Waals surface area contributed by atoms with E-state index < -0.39 is 92.2 Å². The third kappa shape index (κ3) is 8.63. The monoisotopic (exact) mass is 902 g/mol. The Labute approximate surface area is 366 Å². The van der Waals surface area contributed by atoms with Crippen molar-refractivity contribution >= 4 is 51.9 Å². The molecule has 5 atom stereocenters. The first kappa shape index (κ1) is 48.6. The highest BCUT2D eigenvalue weighted by Gasteiger charge is 2.65. The topological polar surface area (TPSA) is 289 Å². The Morgan fingerprint density at radius 3 is 2.22 bits per heavy atom. The number of aliphatic hydroxyl groups excluding tert-OH is 3. The Balaban J connectivity index is 0.000000216. The summed E-state index contributed by atoms with van der Waals surface area (Å²) in [6.45, 7) is 7.41. The van der Waals surface area contributed by atoms with E-state index in [1.54, 1.807) is 4.57 Å². The van der Waals surface area contributed by atoms with Crippen LogP contribution in [0.2, 0.25) is 5.02 Å². The highest BCUT2D eigenvalue weighted by Crippen LogP contribution is 2.57. The molecule has 21 heteroatoms. The van der Waals surface area contributed by atoms with Crippen molar-refractivity contribution in [3.63, 3.8) is 0 Å².